The maximum absolute atomic E-state index is 10.2. The van der Waals surface area contributed by atoms with Crippen LogP contribution in [0.5, 0.6) is 0 Å². The van der Waals surface area contributed by atoms with Crippen LogP contribution in [-0.4, -0.2) is 21.8 Å². The molecule has 0 aromatic rings. The zero-order chi connectivity index (χ0) is 7.65. The molecule has 0 amide bonds. The van der Waals surface area contributed by atoms with Gasteiger partial charge in [-0.2, -0.15) is 0 Å². The van der Waals surface area contributed by atoms with Crippen molar-refractivity contribution in [2.45, 2.75) is 26.4 Å². The number of aliphatic hydroxyl groups is 1. The maximum Gasteiger partial charge on any atom is 0.309 e. The van der Waals surface area contributed by atoms with E-state index in [1.54, 1.807) is 0 Å². The first-order valence-electron chi connectivity index (χ1n) is 2.81. The van der Waals surface area contributed by atoms with Crippen molar-refractivity contribution in [2.24, 2.45) is 5.92 Å². The van der Waals surface area contributed by atoms with E-state index in [4.69, 9.17) is 10.2 Å². The minimum atomic E-state index is -1.12. The van der Waals surface area contributed by atoms with Gasteiger partial charge in [-0.05, 0) is 20.8 Å². The first kappa shape index (κ1) is 8.43. The SMILES string of the molecule is C[C@@H](C(=O)O)C(C)(C)O. The average molecular weight is 132 g/mol. The van der Waals surface area contributed by atoms with Gasteiger partial charge in [0.05, 0.1) is 11.5 Å². The lowest BCUT2D eigenvalue weighted by Crippen LogP contribution is -2.34. The van der Waals surface area contributed by atoms with Crippen LogP contribution < -0.4 is 0 Å². The molecule has 0 bridgehead atoms. The van der Waals surface area contributed by atoms with Crippen molar-refractivity contribution in [1.29, 1.82) is 0 Å². The Morgan fingerprint density at radius 1 is 1.56 bits per heavy atom. The summed E-state index contributed by atoms with van der Waals surface area (Å²) in [5, 5.41) is 17.4. The molecule has 0 fully saturated rings. The highest BCUT2D eigenvalue weighted by Gasteiger charge is 2.28. The van der Waals surface area contributed by atoms with E-state index in [2.05, 4.69) is 0 Å². The second kappa shape index (κ2) is 2.35. The lowest BCUT2D eigenvalue weighted by Gasteiger charge is -2.21. The molecule has 0 radical (unpaired) electrons. The van der Waals surface area contributed by atoms with Gasteiger partial charge in [-0.1, -0.05) is 0 Å². The minimum absolute atomic E-state index is 0.711. The first-order valence-corrected chi connectivity index (χ1v) is 2.81. The number of carboxylic acids is 1. The van der Waals surface area contributed by atoms with Gasteiger partial charge in [0.25, 0.3) is 0 Å². The zero-order valence-electron chi connectivity index (χ0n) is 5.88. The van der Waals surface area contributed by atoms with Crippen LogP contribution in [0.2, 0.25) is 0 Å². The molecule has 3 heteroatoms. The Balaban J connectivity index is 4.04. The molecule has 0 aliphatic rings. The summed E-state index contributed by atoms with van der Waals surface area (Å²) in [6.45, 7) is 4.43. The molecule has 0 aliphatic heterocycles. The molecule has 0 unspecified atom stereocenters. The Bertz CT molecular complexity index is 112. The van der Waals surface area contributed by atoms with E-state index in [1.807, 2.05) is 0 Å². The average Bonchev–Trinajstić information content (AvgIpc) is 1.62. The van der Waals surface area contributed by atoms with Gasteiger partial charge in [0, 0.05) is 0 Å². The van der Waals surface area contributed by atoms with Crippen LogP contribution in [0.1, 0.15) is 20.8 Å². The van der Waals surface area contributed by atoms with E-state index >= 15 is 0 Å². The standard InChI is InChI=1S/C6H12O3/c1-4(5(7)8)6(2,3)9/h4,9H,1-3H3,(H,7,8)/t4-/m0/s1. The minimum Gasteiger partial charge on any atom is -0.481 e. The molecular weight excluding hydrogens is 120 g/mol. The normalized spacial score (nSPS) is 15.1. The fraction of sp³-hybridized carbons (Fsp3) is 0.833. The molecule has 9 heavy (non-hydrogen) atoms. The van der Waals surface area contributed by atoms with Gasteiger partial charge in [-0.3, -0.25) is 4.79 Å². The number of hydrogen-bond donors (Lipinski definition) is 2. The van der Waals surface area contributed by atoms with Crippen molar-refractivity contribution in [3.8, 4) is 0 Å². The predicted octanol–water partition coefficient (Wildman–Crippen LogP) is 0.478. The molecule has 3 nitrogen and oxygen atoms in total. The highest BCUT2D eigenvalue weighted by Crippen LogP contribution is 2.14. The lowest BCUT2D eigenvalue weighted by atomic mass is 9.93. The van der Waals surface area contributed by atoms with Gasteiger partial charge in [0.2, 0.25) is 0 Å². The molecule has 0 heterocycles. The van der Waals surface area contributed by atoms with Gasteiger partial charge in [-0.15, -0.1) is 0 Å². The number of carboxylic acid groups (broad SMARTS) is 1. The van der Waals surface area contributed by atoms with Crippen LogP contribution in [0.3, 0.4) is 0 Å². The number of aliphatic carboxylic acids is 1. The first-order chi connectivity index (χ1) is 3.85. The Labute approximate surface area is 54.3 Å². The summed E-state index contributed by atoms with van der Waals surface area (Å²) in [5.41, 5.74) is -1.12. The summed E-state index contributed by atoms with van der Waals surface area (Å²) < 4.78 is 0. The molecule has 0 spiro atoms. The number of carbonyl (C=O) groups is 1. The Morgan fingerprint density at radius 3 is 1.89 bits per heavy atom. The number of rotatable bonds is 2. The van der Waals surface area contributed by atoms with Crippen LogP contribution in [0.25, 0.3) is 0 Å². The molecule has 0 aliphatic carbocycles. The monoisotopic (exact) mass is 132 g/mol. The second-order valence-electron chi connectivity index (χ2n) is 2.71. The van der Waals surface area contributed by atoms with E-state index in [9.17, 15) is 4.79 Å². The fourth-order valence-electron chi connectivity index (χ4n) is 0.302. The van der Waals surface area contributed by atoms with E-state index in [1.165, 1.54) is 20.8 Å². The summed E-state index contributed by atoms with van der Waals surface area (Å²) >= 11 is 0. The van der Waals surface area contributed by atoms with Crippen LogP contribution in [0, 0.1) is 5.92 Å². The summed E-state index contributed by atoms with van der Waals surface area (Å²) in [6.07, 6.45) is 0. The molecular formula is C6H12O3. The quantitative estimate of drug-likeness (QED) is 0.574. The molecule has 0 aromatic heterocycles. The highest BCUT2D eigenvalue weighted by atomic mass is 16.4. The molecule has 1 atom stereocenters. The molecule has 54 valence electrons. The van der Waals surface area contributed by atoms with E-state index < -0.39 is 17.5 Å². The van der Waals surface area contributed by atoms with Gasteiger partial charge in [0.15, 0.2) is 0 Å². The maximum atomic E-state index is 10.2. The van der Waals surface area contributed by atoms with E-state index in [-0.39, 0.29) is 0 Å². The van der Waals surface area contributed by atoms with E-state index in [0.717, 1.165) is 0 Å². The Kier molecular flexibility index (Phi) is 2.20. The van der Waals surface area contributed by atoms with Crippen LogP contribution in [0.15, 0.2) is 0 Å². The van der Waals surface area contributed by atoms with Crippen LogP contribution >= 0.6 is 0 Å². The van der Waals surface area contributed by atoms with Crippen molar-refractivity contribution in [3.05, 3.63) is 0 Å². The molecule has 2 N–H and O–H groups in total. The van der Waals surface area contributed by atoms with Crippen molar-refractivity contribution in [2.75, 3.05) is 0 Å². The fourth-order valence-corrected chi connectivity index (χ4v) is 0.302. The van der Waals surface area contributed by atoms with Crippen molar-refractivity contribution in [3.63, 3.8) is 0 Å². The third kappa shape index (κ3) is 2.46. The zero-order valence-corrected chi connectivity index (χ0v) is 5.88. The Hall–Kier alpha value is -0.570. The van der Waals surface area contributed by atoms with Crippen LogP contribution in [-0.2, 0) is 4.79 Å². The summed E-state index contributed by atoms with van der Waals surface area (Å²) in [4.78, 5) is 10.2. The predicted molar refractivity (Wildman–Crippen MR) is 33.1 cm³/mol. The van der Waals surface area contributed by atoms with E-state index in [0.29, 0.717) is 0 Å². The van der Waals surface area contributed by atoms with Gasteiger partial charge in [0.1, 0.15) is 0 Å². The van der Waals surface area contributed by atoms with Crippen LogP contribution in [0.4, 0.5) is 0 Å². The second-order valence-corrected chi connectivity index (χ2v) is 2.71. The van der Waals surface area contributed by atoms with Crippen molar-refractivity contribution < 1.29 is 15.0 Å². The topological polar surface area (TPSA) is 57.5 Å². The third-order valence-corrected chi connectivity index (χ3v) is 1.43. The molecule has 0 rings (SSSR count). The largest absolute Gasteiger partial charge is 0.481 e. The number of hydrogen-bond acceptors (Lipinski definition) is 2. The molecule has 0 aromatic carbocycles. The van der Waals surface area contributed by atoms with Crippen molar-refractivity contribution >= 4 is 5.97 Å². The summed E-state index contributed by atoms with van der Waals surface area (Å²) in [5.74, 6) is -1.68. The van der Waals surface area contributed by atoms with Gasteiger partial charge in [-0.25, -0.2) is 0 Å². The summed E-state index contributed by atoms with van der Waals surface area (Å²) in [7, 11) is 0. The van der Waals surface area contributed by atoms with Gasteiger partial charge >= 0.3 is 5.97 Å². The molecule has 0 saturated carbocycles. The van der Waals surface area contributed by atoms with Crippen molar-refractivity contribution in [1.82, 2.24) is 0 Å². The smallest absolute Gasteiger partial charge is 0.309 e. The Morgan fingerprint density at radius 2 is 1.89 bits per heavy atom. The highest BCUT2D eigenvalue weighted by molar-refractivity contribution is 5.70. The third-order valence-electron chi connectivity index (χ3n) is 1.43. The lowest BCUT2D eigenvalue weighted by molar-refractivity contribution is -0.148. The summed E-state index contributed by atoms with van der Waals surface area (Å²) in [6, 6.07) is 0. The van der Waals surface area contributed by atoms with Gasteiger partial charge < -0.3 is 10.2 Å². The molecule has 0 saturated heterocycles.